The first kappa shape index (κ1) is 31.7. The van der Waals surface area contributed by atoms with Gasteiger partial charge in [0.05, 0.1) is 29.1 Å². The lowest BCUT2D eigenvalue weighted by atomic mass is 10.0. The van der Waals surface area contributed by atoms with Gasteiger partial charge in [0.15, 0.2) is 0 Å². The van der Waals surface area contributed by atoms with Crippen molar-refractivity contribution in [1.82, 2.24) is 10.2 Å². The summed E-state index contributed by atoms with van der Waals surface area (Å²) in [6.07, 6.45) is 5.10. The molecule has 3 aromatic carbocycles. The topological polar surface area (TPSA) is 96.0 Å². The molecule has 8 nitrogen and oxygen atoms in total. The quantitative estimate of drug-likeness (QED) is 0.286. The number of nitrogens with one attached hydrogen (secondary N) is 1. The number of methoxy groups -OCH3 is 1. The largest absolute Gasteiger partial charge is 0.497 e. The Kier molecular flexibility index (Phi) is 10.8. The van der Waals surface area contributed by atoms with Gasteiger partial charge in [-0.25, -0.2) is 8.42 Å². The molecule has 0 aliphatic heterocycles. The van der Waals surface area contributed by atoms with Crippen LogP contribution in [0.5, 0.6) is 5.75 Å². The molecule has 224 valence electrons. The molecule has 0 radical (unpaired) electrons. The SMILES string of the molecule is COc1cccc(CN(C(=O)CN(c2ccc(Cl)c(Cl)c2)S(C)(=O)=O)[C@H](Cc2ccccc2)C(=O)NC2CCCC2)c1. The van der Waals surface area contributed by atoms with Crippen LogP contribution in [0, 0.1) is 0 Å². The molecule has 2 amide bonds. The molecule has 4 rings (SSSR count). The maximum atomic E-state index is 14.2. The summed E-state index contributed by atoms with van der Waals surface area (Å²) in [5.41, 5.74) is 1.79. The van der Waals surface area contributed by atoms with E-state index >= 15 is 0 Å². The zero-order valence-corrected chi connectivity index (χ0v) is 26.0. The molecule has 1 saturated carbocycles. The Hall–Kier alpha value is -3.27. The van der Waals surface area contributed by atoms with Crippen molar-refractivity contribution in [3.8, 4) is 5.75 Å². The Labute approximate surface area is 257 Å². The Morgan fingerprint density at radius 3 is 2.29 bits per heavy atom. The number of nitrogens with zero attached hydrogens (tertiary/aromatic N) is 2. The number of halogens is 2. The van der Waals surface area contributed by atoms with Crippen LogP contribution in [0.4, 0.5) is 5.69 Å². The minimum Gasteiger partial charge on any atom is -0.497 e. The van der Waals surface area contributed by atoms with Crippen LogP contribution >= 0.6 is 23.2 Å². The molecular formula is C31H35Cl2N3O5S. The molecule has 42 heavy (non-hydrogen) atoms. The zero-order valence-electron chi connectivity index (χ0n) is 23.6. The van der Waals surface area contributed by atoms with E-state index in [0.29, 0.717) is 5.75 Å². The second kappa shape index (κ2) is 14.3. The summed E-state index contributed by atoms with van der Waals surface area (Å²) >= 11 is 12.3. The van der Waals surface area contributed by atoms with E-state index in [9.17, 15) is 18.0 Å². The van der Waals surface area contributed by atoms with Crippen LogP contribution in [0.2, 0.25) is 10.0 Å². The standard InChI is InChI=1S/C31H35Cl2N3O5S/c1-41-26-14-8-11-23(17-26)20-35(30(37)21-36(42(2,39)40)25-15-16-27(32)28(33)19-25)29(18-22-9-4-3-5-10-22)31(38)34-24-12-6-7-13-24/h3-5,8-11,14-17,19,24,29H,6-7,12-13,18,20-21H2,1-2H3,(H,34,38)/t29-/m1/s1. The summed E-state index contributed by atoms with van der Waals surface area (Å²) in [5, 5.41) is 3.56. The summed E-state index contributed by atoms with van der Waals surface area (Å²) in [6, 6.07) is 20.2. The molecular weight excluding hydrogens is 597 g/mol. The number of rotatable bonds is 12. The Morgan fingerprint density at radius 2 is 1.64 bits per heavy atom. The Bertz CT molecular complexity index is 1500. The number of hydrogen-bond donors (Lipinski definition) is 1. The Morgan fingerprint density at radius 1 is 0.952 bits per heavy atom. The number of anilines is 1. The highest BCUT2D eigenvalue weighted by atomic mass is 35.5. The first-order chi connectivity index (χ1) is 20.0. The molecule has 1 N–H and O–H groups in total. The van der Waals surface area contributed by atoms with E-state index in [0.717, 1.165) is 47.4 Å². The summed E-state index contributed by atoms with van der Waals surface area (Å²) in [5.74, 6) is -0.220. The van der Waals surface area contributed by atoms with E-state index in [-0.39, 0.29) is 40.6 Å². The van der Waals surface area contributed by atoms with E-state index in [2.05, 4.69) is 5.32 Å². The van der Waals surface area contributed by atoms with Crippen LogP contribution in [0.15, 0.2) is 72.8 Å². The number of carbonyl (C=O) groups is 2. The van der Waals surface area contributed by atoms with Crippen molar-refractivity contribution in [1.29, 1.82) is 0 Å². The fraction of sp³-hybridized carbons (Fsp3) is 0.355. The number of ether oxygens (including phenoxy) is 1. The summed E-state index contributed by atoms with van der Waals surface area (Å²) in [7, 11) is -2.37. The van der Waals surface area contributed by atoms with E-state index in [4.69, 9.17) is 27.9 Å². The molecule has 0 bridgehead atoms. The first-order valence-corrected chi connectivity index (χ1v) is 16.3. The van der Waals surface area contributed by atoms with Gasteiger partial charge in [0.25, 0.3) is 0 Å². The van der Waals surface area contributed by atoms with Crippen molar-refractivity contribution in [3.63, 3.8) is 0 Å². The molecule has 0 unspecified atom stereocenters. The molecule has 0 spiro atoms. The fourth-order valence-electron chi connectivity index (χ4n) is 5.14. The van der Waals surface area contributed by atoms with Crippen LogP contribution in [0.1, 0.15) is 36.8 Å². The number of hydrogen-bond acceptors (Lipinski definition) is 5. The molecule has 1 atom stereocenters. The number of carbonyl (C=O) groups excluding carboxylic acids is 2. The van der Waals surface area contributed by atoms with Gasteiger partial charge in [0, 0.05) is 19.0 Å². The third kappa shape index (κ3) is 8.40. The third-order valence-corrected chi connectivity index (χ3v) is 9.21. The van der Waals surface area contributed by atoms with Crippen LogP contribution in [-0.2, 0) is 32.6 Å². The van der Waals surface area contributed by atoms with Gasteiger partial charge in [-0.15, -0.1) is 0 Å². The lowest BCUT2D eigenvalue weighted by Gasteiger charge is -2.34. The second-order valence-electron chi connectivity index (χ2n) is 10.4. The van der Waals surface area contributed by atoms with Crippen molar-refractivity contribution >= 4 is 50.7 Å². The fourth-order valence-corrected chi connectivity index (χ4v) is 6.28. The van der Waals surface area contributed by atoms with Crippen molar-refractivity contribution in [2.45, 2.75) is 50.7 Å². The number of amides is 2. The summed E-state index contributed by atoms with van der Waals surface area (Å²) in [6.45, 7) is -0.479. The lowest BCUT2D eigenvalue weighted by Crippen LogP contribution is -2.54. The predicted octanol–water partition coefficient (Wildman–Crippen LogP) is 5.47. The highest BCUT2D eigenvalue weighted by molar-refractivity contribution is 7.92. The van der Waals surface area contributed by atoms with E-state index in [1.807, 2.05) is 36.4 Å². The molecule has 1 fully saturated rings. The van der Waals surface area contributed by atoms with Gasteiger partial charge >= 0.3 is 0 Å². The lowest BCUT2D eigenvalue weighted by molar-refractivity contribution is -0.140. The van der Waals surface area contributed by atoms with Crippen molar-refractivity contribution in [2.75, 3.05) is 24.2 Å². The molecule has 0 saturated heterocycles. The van der Waals surface area contributed by atoms with Crippen LogP contribution in [0.25, 0.3) is 0 Å². The van der Waals surface area contributed by atoms with Crippen molar-refractivity contribution in [2.24, 2.45) is 0 Å². The van der Waals surface area contributed by atoms with Gasteiger partial charge in [0.1, 0.15) is 18.3 Å². The van der Waals surface area contributed by atoms with Crippen molar-refractivity contribution in [3.05, 3.63) is 94.0 Å². The minimum absolute atomic E-state index is 0.0354. The van der Waals surface area contributed by atoms with E-state index < -0.39 is 28.5 Å². The number of benzene rings is 3. The highest BCUT2D eigenvalue weighted by Crippen LogP contribution is 2.29. The van der Waals surface area contributed by atoms with Gasteiger partial charge in [-0.2, -0.15) is 0 Å². The number of sulfonamides is 1. The molecule has 11 heteroatoms. The maximum Gasteiger partial charge on any atom is 0.244 e. The molecule has 0 heterocycles. The van der Waals surface area contributed by atoms with Gasteiger partial charge in [-0.05, 0) is 54.3 Å². The van der Waals surface area contributed by atoms with Gasteiger partial charge in [-0.3, -0.25) is 13.9 Å². The van der Waals surface area contributed by atoms with Gasteiger partial charge in [-0.1, -0.05) is 78.5 Å². The average molecular weight is 633 g/mol. The zero-order chi connectivity index (χ0) is 30.3. The molecule has 3 aromatic rings. The normalized spacial score (nSPS) is 14.3. The maximum absolute atomic E-state index is 14.2. The molecule has 1 aliphatic carbocycles. The second-order valence-corrected chi connectivity index (χ2v) is 13.2. The molecule has 1 aliphatic rings. The average Bonchev–Trinajstić information content (AvgIpc) is 3.48. The third-order valence-electron chi connectivity index (χ3n) is 7.33. The summed E-state index contributed by atoms with van der Waals surface area (Å²) in [4.78, 5) is 29.6. The first-order valence-electron chi connectivity index (χ1n) is 13.7. The van der Waals surface area contributed by atoms with Gasteiger partial charge < -0.3 is 15.0 Å². The predicted molar refractivity (Wildman–Crippen MR) is 167 cm³/mol. The highest BCUT2D eigenvalue weighted by Gasteiger charge is 2.34. The van der Waals surface area contributed by atoms with E-state index in [1.165, 1.54) is 23.1 Å². The van der Waals surface area contributed by atoms with Crippen LogP contribution in [0.3, 0.4) is 0 Å². The minimum atomic E-state index is -3.92. The van der Waals surface area contributed by atoms with Gasteiger partial charge in [0.2, 0.25) is 21.8 Å². The molecule has 0 aromatic heterocycles. The van der Waals surface area contributed by atoms with Crippen molar-refractivity contribution < 1.29 is 22.7 Å². The summed E-state index contributed by atoms with van der Waals surface area (Å²) < 4.78 is 32.2. The van der Waals surface area contributed by atoms with Crippen LogP contribution < -0.4 is 14.4 Å². The monoisotopic (exact) mass is 631 g/mol. The van der Waals surface area contributed by atoms with E-state index in [1.54, 1.807) is 25.3 Å². The van der Waals surface area contributed by atoms with Crippen LogP contribution in [-0.4, -0.2) is 57.1 Å². The Balaban J connectivity index is 1.74. The smallest absolute Gasteiger partial charge is 0.244 e.